The van der Waals surface area contributed by atoms with Crippen LogP contribution in [0.5, 0.6) is 0 Å². The van der Waals surface area contributed by atoms with Crippen molar-refractivity contribution in [2.75, 3.05) is 47.8 Å². The summed E-state index contributed by atoms with van der Waals surface area (Å²) in [5, 5.41) is 6.41. The molecule has 0 aliphatic carbocycles. The quantitative estimate of drug-likeness (QED) is 0.697. The molecule has 3 aromatic rings. The van der Waals surface area contributed by atoms with Gasteiger partial charge in [-0.2, -0.15) is 0 Å². The van der Waals surface area contributed by atoms with E-state index in [1.165, 1.54) is 5.69 Å². The van der Waals surface area contributed by atoms with Crippen LogP contribution in [0.15, 0.2) is 28.8 Å². The average Bonchev–Trinajstić information content (AvgIpc) is 3.31. The second kappa shape index (κ2) is 7.04. The number of carbonyl (C=O) groups excluding carboxylic acids is 1. The molecule has 0 atom stereocenters. The number of rotatable bonds is 2. The van der Waals surface area contributed by atoms with E-state index < -0.39 is 0 Å². The maximum absolute atomic E-state index is 13.1. The summed E-state index contributed by atoms with van der Waals surface area (Å²) < 4.78 is 5.61. The lowest BCUT2D eigenvalue weighted by molar-refractivity contribution is 0.257. The second-order valence-corrected chi connectivity index (χ2v) is 7.57. The number of nitrogens with one attached hydrogen (secondary N) is 2. The average molecular weight is 392 g/mol. The number of urea groups is 1. The lowest BCUT2D eigenvalue weighted by Gasteiger charge is -2.31. The van der Waals surface area contributed by atoms with Crippen LogP contribution in [0, 0.1) is 13.8 Å². The van der Waals surface area contributed by atoms with E-state index in [4.69, 9.17) is 4.42 Å². The van der Waals surface area contributed by atoms with Gasteiger partial charge in [0.05, 0.1) is 0 Å². The normalized spacial score (nSPS) is 16.3. The minimum atomic E-state index is -0.174. The monoisotopic (exact) mass is 392 g/mol. The standard InChI is InChI=1S/C21H24N6O2/c1-13-11-17-19(29-14(2)24-17)12-16(13)25-21(28)27-8-4-15-18(3-5-23-20(15)27)26-9-6-22-7-10-26/h3,5,11-12,22H,4,6-10H2,1-2H3,(H,25,28). The number of oxazole rings is 1. The molecule has 29 heavy (non-hydrogen) atoms. The molecule has 2 amide bonds. The van der Waals surface area contributed by atoms with Gasteiger partial charge < -0.3 is 20.0 Å². The van der Waals surface area contributed by atoms with Gasteiger partial charge in [0, 0.05) is 68.8 Å². The fourth-order valence-electron chi connectivity index (χ4n) is 4.18. The highest BCUT2D eigenvalue weighted by Crippen LogP contribution is 2.34. The maximum atomic E-state index is 13.1. The van der Waals surface area contributed by atoms with Gasteiger partial charge in [-0.25, -0.2) is 14.8 Å². The zero-order valence-corrected chi connectivity index (χ0v) is 16.7. The molecule has 0 bridgehead atoms. The Morgan fingerprint density at radius 3 is 2.86 bits per heavy atom. The topological polar surface area (TPSA) is 86.5 Å². The minimum absolute atomic E-state index is 0.174. The Kier molecular flexibility index (Phi) is 4.35. The minimum Gasteiger partial charge on any atom is -0.441 e. The lowest BCUT2D eigenvalue weighted by atomic mass is 10.1. The highest BCUT2D eigenvalue weighted by atomic mass is 16.3. The van der Waals surface area contributed by atoms with Crippen molar-refractivity contribution in [2.24, 2.45) is 0 Å². The summed E-state index contributed by atoms with van der Waals surface area (Å²) in [5.41, 5.74) is 5.49. The van der Waals surface area contributed by atoms with Gasteiger partial charge in [-0.15, -0.1) is 0 Å². The number of hydrogen-bond acceptors (Lipinski definition) is 6. The van der Waals surface area contributed by atoms with Crippen LogP contribution in [0.4, 0.5) is 22.0 Å². The molecule has 2 N–H and O–H groups in total. The molecule has 8 nitrogen and oxygen atoms in total. The molecule has 0 unspecified atom stereocenters. The summed E-state index contributed by atoms with van der Waals surface area (Å²) in [5.74, 6) is 1.37. The first kappa shape index (κ1) is 17.9. The first-order chi connectivity index (χ1) is 14.1. The fraction of sp³-hybridized carbons (Fsp3) is 0.381. The van der Waals surface area contributed by atoms with Crippen LogP contribution < -0.4 is 20.4 Å². The van der Waals surface area contributed by atoms with Gasteiger partial charge in [0.15, 0.2) is 11.5 Å². The predicted molar refractivity (Wildman–Crippen MR) is 113 cm³/mol. The zero-order chi connectivity index (χ0) is 20.0. The van der Waals surface area contributed by atoms with Crippen LogP contribution in [0.2, 0.25) is 0 Å². The Labute approximate surface area is 168 Å². The van der Waals surface area contributed by atoms with E-state index in [0.29, 0.717) is 18.0 Å². The summed E-state index contributed by atoms with van der Waals surface area (Å²) in [6, 6.07) is 5.66. The number of carbonyl (C=O) groups is 1. The molecule has 0 spiro atoms. The van der Waals surface area contributed by atoms with E-state index in [0.717, 1.165) is 60.7 Å². The Morgan fingerprint density at radius 2 is 2.03 bits per heavy atom. The molecular weight excluding hydrogens is 368 g/mol. The van der Waals surface area contributed by atoms with Crippen LogP contribution in [0.1, 0.15) is 17.0 Å². The van der Waals surface area contributed by atoms with Crippen LogP contribution in [0.25, 0.3) is 11.1 Å². The van der Waals surface area contributed by atoms with E-state index >= 15 is 0 Å². The SMILES string of the molecule is Cc1nc2cc(C)c(NC(=O)N3CCc4c(N5CCNCC5)ccnc43)cc2o1. The third-order valence-corrected chi connectivity index (χ3v) is 5.64. The van der Waals surface area contributed by atoms with Crippen LogP contribution >= 0.6 is 0 Å². The van der Waals surface area contributed by atoms with Gasteiger partial charge in [0.1, 0.15) is 11.3 Å². The molecular formula is C21H24N6O2. The first-order valence-corrected chi connectivity index (χ1v) is 10.00. The van der Waals surface area contributed by atoms with Gasteiger partial charge >= 0.3 is 6.03 Å². The Morgan fingerprint density at radius 1 is 1.21 bits per heavy atom. The molecule has 1 fully saturated rings. The number of pyridine rings is 1. The number of aromatic nitrogens is 2. The number of nitrogens with zero attached hydrogens (tertiary/aromatic N) is 4. The fourth-order valence-corrected chi connectivity index (χ4v) is 4.18. The summed E-state index contributed by atoms with van der Waals surface area (Å²) >= 11 is 0. The molecule has 8 heteroatoms. The Hall–Kier alpha value is -3.13. The number of fused-ring (bicyclic) bond motifs is 2. The molecule has 0 radical (unpaired) electrons. The Bertz CT molecular complexity index is 1090. The lowest BCUT2D eigenvalue weighted by Crippen LogP contribution is -2.43. The van der Waals surface area contributed by atoms with E-state index in [1.54, 1.807) is 11.1 Å². The van der Waals surface area contributed by atoms with Crippen molar-refractivity contribution in [3.8, 4) is 0 Å². The Balaban J connectivity index is 1.41. The number of amides is 2. The molecule has 1 saturated heterocycles. The summed E-state index contributed by atoms with van der Waals surface area (Å²) in [4.78, 5) is 26.0. The molecule has 4 heterocycles. The van der Waals surface area contributed by atoms with E-state index in [9.17, 15) is 4.79 Å². The second-order valence-electron chi connectivity index (χ2n) is 7.57. The molecule has 2 aliphatic rings. The summed E-state index contributed by atoms with van der Waals surface area (Å²) in [6.45, 7) is 8.29. The number of benzene rings is 1. The number of hydrogen-bond donors (Lipinski definition) is 2. The van der Waals surface area contributed by atoms with Gasteiger partial charge in [0.25, 0.3) is 0 Å². The first-order valence-electron chi connectivity index (χ1n) is 10.00. The highest BCUT2D eigenvalue weighted by Gasteiger charge is 2.30. The molecule has 5 rings (SSSR count). The van der Waals surface area contributed by atoms with Crippen molar-refractivity contribution in [3.05, 3.63) is 41.4 Å². The zero-order valence-electron chi connectivity index (χ0n) is 16.7. The summed E-state index contributed by atoms with van der Waals surface area (Å²) in [6.07, 6.45) is 2.62. The van der Waals surface area contributed by atoms with Crippen molar-refractivity contribution in [1.29, 1.82) is 0 Å². The van der Waals surface area contributed by atoms with Crippen molar-refractivity contribution in [3.63, 3.8) is 0 Å². The van der Waals surface area contributed by atoms with E-state index in [-0.39, 0.29) is 6.03 Å². The van der Waals surface area contributed by atoms with Crippen molar-refractivity contribution < 1.29 is 9.21 Å². The smallest absolute Gasteiger partial charge is 0.327 e. The van der Waals surface area contributed by atoms with E-state index in [1.807, 2.05) is 26.0 Å². The van der Waals surface area contributed by atoms with Crippen molar-refractivity contribution >= 4 is 34.3 Å². The maximum Gasteiger partial charge on any atom is 0.327 e. The third-order valence-electron chi connectivity index (χ3n) is 5.64. The number of anilines is 3. The van der Waals surface area contributed by atoms with Crippen molar-refractivity contribution in [1.82, 2.24) is 15.3 Å². The molecule has 1 aromatic carbocycles. The predicted octanol–water partition coefficient (Wildman–Crippen LogP) is 2.84. The van der Waals surface area contributed by atoms with Gasteiger partial charge in [-0.05, 0) is 31.0 Å². The van der Waals surface area contributed by atoms with Crippen LogP contribution in [-0.4, -0.2) is 48.7 Å². The molecule has 2 aromatic heterocycles. The van der Waals surface area contributed by atoms with Crippen LogP contribution in [-0.2, 0) is 6.42 Å². The van der Waals surface area contributed by atoms with Gasteiger partial charge in [-0.1, -0.05) is 0 Å². The number of piperazine rings is 1. The highest BCUT2D eigenvalue weighted by molar-refractivity contribution is 6.04. The van der Waals surface area contributed by atoms with Crippen molar-refractivity contribution in [2.45, 2.75) is 20.3 Å². The largest absolute Gasteiger partial charge is 0.441 e. The van der Waals surface area contributed by atoms with E-state index in [2.05, 4.69) is 31.6 Å². The van der Waals surface area contributed by atoms with Gasteiger partial charge in [0.2, 0.25) is 0 Å². The third kappa shape index (κ3) is 3.19. The number of aryl methyl sites for hydroxylation is 2. The molecule has 0 saturated carbocycles. The van der Waals surface area contributed by atoms with Crippen LogP contribution in [0.3, 0.4) is 0 Å². The van der Waals surface area contributed by atoms with Gasteiger partial charge in [-0.3, -0.25) is 4.90 Å². The molecule has 2 aliphatic heterocycles. The molecule has 150 valence electrons. The summed E-state index contributed by atoms with van der Waals surface area (Å²) in [7, 11) is 0.